The Bertz CT molecular complexity index is 546. The monoisotopic (exact) mass is 288 g/mol. The molecule has 0 aromatic carbocycles. The lowest BCUT2D eigenvalue weighted by atomic mass is 10.2. The Morgan fingerprint density at radius 3 is 2.47 bits per heavy atom. The Balaban J connectivity index is 2.95. The summed E-state index contributed by atoms with van der Waals surface area (Å²) in [4.78, 5) is 0. The largest absolute Gasteiger partial charge is 0.394 e. The van der Waals surface area contributed by atoms with E-state index in [9.17, 15) is 8.42 Å². The molecule has 6 nitrogen and oxygen atoms in total. The Kier molecular flexibility index (Phi) is 4.50. The molecule has 0 atom stereocenters. The van der Waals surface area contributed by atoms with Crippen molar-refractivity contribution in [1.29, 1.82) is 0 Å². The summed E-state index contributed by atoms with van der Waals surface area (Å²) in [6.07, 6.45) is 2.18. The Hall–Kier alpha value is -1.24. The zero-order valence-corrected chi connectivity index (χ0v) is 13.1. The second kappa shape index (κ2) is 5.40. The maximum atomic E-state index is 11.7. The molecule has 1 rings (SSSR count). The Morgan fingerprint density at radius 1 is 1.42 bits per heavy atom. The molecule has 0 saturated carbocycles. The number of hydrogen-bond acceptors (Lipinski definition) is 5. The highest BCUT2D eigenvalue weighted by Gasteiger charge is 2.30. The lowest BCUT2D eigenvalue weighted by Crippen LogP contribution is -2.38. The van der Waals surface area contributed by atoms with E-state index in [1.165, 1.54) is 6.26 Å². The van der Waals surface area contributed by atoms with Crippen LogP contribution in [0.2, 0.25) is 0 Å². The minimum Gasteiger partial charge on any atom is -0.394 e. The summed E-state index contributed by atoms with van der Waals surface area (Å²) in [5, 5.41) is 7.47. The predicted octanol–water partition coefficient (Wildman–Crippen LogP) is 1.42. The summed E-state index contributed by atoms with van der Waals surface area (Å²) in [7, 11) is -3.14. The second-order valence-corrected chi connectivity index (χ2v) is 8.11. The van der Waals surface area contributed by atoms with Gasteiger partial charge in [-0.25, -0.2) is 13.1 Å². The first kappa shape index (κ1) is 15.8. The second-order valence-electron chi connectivity index (χ2n) is 5.46. The molecule has 0 aliphatic heterocycles. The normalized spacial score (nSPS) is 12.7. The lowest BCUT2D eigenvalue weighted by molar-refractivity contribution is 0.556. The minimum absolute atomic E-state index is 0.297. The average molecular weight is 288 g/mol. The molecule has 7 heteroatoms. The third kappa shape index (κ3) is 3.40. The summed E-state index contributed by atoms with van der Waals surface area (Å²) < 4.78 is 24.3. The first-order valence-electron chi connectivity index (χ1n) is 6.36. The van der Waals surface area contributed by atoms with Gasteiger partial charge in [-0.05, 0) is 27.2 Å². The molecule has 0 aliphatic rings. The zero-order chi connectivity index (χ0) is 14.8. The van der Waals surface area contributed by atoms with Crippen molar-refractivity contribution in [2.24, 2.45) is 0 Å². The van der Waals surface area contributed by atoms with Crippen LogP contribution in [0, 0.1) is 6.92 Å². The number of hydrogen-bond donors (Lipinski definition) is 2. The van der Waals surface area contributed by atoms with Crippen LogP contribution in [0.4, 0.5) is 11.5 Å². The maximum Gasteiger partial charge on any atom is 0.154 e. The van der Waals surface area contributed by atoms with Crippen LogP contribution in [0.5, 0.6) is 0 Å². The van der Waals surface area contributed by atoms with Gasteiger partial charge in [0.15, 0.2) is 9.84 Å². The lowest BCUT2D eigenvalue weighted by Gasteiger charge is -2.23. The summed E-state index contributed by atoms with van der Waals surface area (Å²) >= 11 is 0. The maximum absolute atomic E-state index is 11.7. The highest BCUT2D eigenvalue weighted by molar-refractivity contribution is 7.92. The van der Waals surface area contributed by atoms with Crippen molar-refractivity contribution >= 4 is 21.3 Å². The third-order valence-electron chi connectivity index (χ3n) is 3.29. The number of anilines is 2. The SMILES string of the molecule is CCCn1nc(C)c(N)c1NCC(C)(C)S(C)(=O)=O. The summed E-state index contributed by atoms with van der Waals surface area (Å²) in [6, 6.07) is 0. The van der Waals surface area contributed by atoms with Crippen molar-refractivity contribution in [1.82, 2.24) is 9.78 Å². The number of nitrogens with zero attached hydrogens (tertiary/aromatic N) is 2. The van der Waals surface area contributed by atoms with E-state index in [0.29, 0.717) is 18.1 Å². The quantitative estimate of drug-likeness (QED) is 0.826. The Morgan fingerprint density at radius 2 is 2.00 bits per heavy atom. The van der Waals surface area contributed by atoms with Crippen molar-refractivity contribution in [3.05, 3.63) is 5.69 Å². The molecule has 0 unspecified atom stereocenters. The molecule has 0 amide bonds. The van der Waals surface area contributed by atoms with Gasteiger partial charge in [-0.1, -0.05) is 6.92 Å². The third-order valence-corrected chi connectivity index (χ3v) is 5.45. The smallest absolute Gasteiger partial charge is 0.154 e. The summed E-state index contributed by atoms with van der Waals surface area (Å²) in [5.74, 6) is 0.705. The molecule has 0 saturated heterocycles. The fourth-order valence-corrected chi connectivity index (χ4v) is 1.92. The van der Waals surface area contributed by atoms with Crippen LogP contribution in [0.3, 0.4) is 0 Å². The van der Waals surface area contributed by atoms with Gasteiger partial charge in [0.25, 0.3) is 0 Å². The standard InChI is InChI=1S/C12H24N4O2S/c1-6-7-16-11(10(13)9(2)15-16)14-8-12(3,4)19(5,17)18/h14H,6-8,13H2,1-5H3. The van der Waals surface area contributed by atoms with Crippen molar-refractivity contribution in [3.8, 4) is 0 Å². The van der Waals surface area contributed by atoms with Crippen LogP contribution >= 0.6 is 0 Å². The van der Waals surface area contributed by atoms with Crippen LogP contribution in [0.25, 0.3) is 0 Å². The van der Waals surface area contributed by atoms with E-state index in [-0.39, 0.29) is 0 Å². The molecule has 1 aromatic rings. The van der Waals surface area contributed by atoms with Crippen molar-refractivity contribution in [3.63, 3.8) is 0 Å². The van der Waals surface area contributed by atoms with Gasteiger partial charge in [0.1, 0.15) is 5.82 Å². The molecule has 0 aliphatic carbocycles. The zero-order valence-electron chi connectivity index (χ0n) is 12.3. The van der Waals surface area contributed by atoms with Gasteiger partial charge in [-0.3, -0.25) is 0 Å². The number of nitrogens with one attached hydrogen (secondary N) is 1. The van der Waals surface area contributed by atoms with E-state index < -0.39 is 14.6 Å². The summed E-state index contributed by atoms with van der Waals surface area (Å²) in [5.41, 5.74) is 7.32. The fourth-order valence-electron chi connectivity index (χ4n) is 1.58. The van der Waals surface area contributed by atoms with Crippen LogP contribution in [-0.2, 0) is 16.4 Å². The molecular weight excluding hydrogens is 264 g/mol. The van der Waals surface area contributed by atoms with E-state index in [2.05, 4.69) is 17.3 Å². The molecule has 1 aromatic heterocycles. The van der Waals surface area contributed by atoms with E-state index in [1.54, 1.807) is 18.5 Å². The molecule has 0 fully saturated rings. The number of aromatic nitrogens is 2. The molecule has 110 valence electrons. The summed E-state index contributed by atoms with van der Waals surface area (Å²) in [6.45, 7) is 8.33. The van der Waals surface area contributed by atoms with E-state index in [4.69, 9.17) is 5.73 Å². The molecule has 1 heterocycles. The molecular formula is C12H24N4O2S. The Labute approximate surface area is 115 Å². The molecule has 19 heavy (non-hydrogen) atoms. The number of nitrogens with two attached hydrogens (primary N) is 1. The fraction of sp³-hybridized carbons (Fsp3) is 0.750. The molecule has 0 spiro atoms. The number of aryl methyl sites for hydroxylation is 2. The van der Waals surface area contributed by atoms with Crippen molar-refractivity contribution in [2.75, 3.05) is 23.9 Å². The van der Waals surface area contributed by atoms with Crippen LogP contribution in [0.1, 0.15) is 32.9 Å². The minimum atomic E-state index is -3.14. The number of nitrogen functional groups attached to an aromatic ring is 1. The number of rotatable bonds is 6. The van der Waals surface area contributed by atoms with E-state index >= 15 is 0 Å². The van der Waals surface area contributed by atoms with Gasteiger partial charge in [-0.15, -0.1) is 0 Å². The predicted molar refractivity (Wildman–Crippen MR) is 79.1 cm³/mol. The van der Waals surface area contributed by atoms with Gasteiger partial charge in [-0.2, -0.15) is 5.10 Å². The van der Waals surface area contributed by atoms with Crippen LogP contribution in [0.15, 0.2) is 0 Å². The molecule has 0 bridgehead atoms. The first-order valence-corrected chi connectivity index (χ1v) is 8.25. The average Bonchev–Trinajstić information content (AvgIpc) is 2.51. The van der Waals surface area contributed by atoms with E-state index in [1.807, 2.05) is 6.92 Å². The highest BCUT2D eigenvalue weighted by atomic mass is 32.2. The highest BCUT2D eigenvalue weighted by Crippen LogP contribution is 2.24. The van der Waals surface area contributed by atoms with Gasteiger partial charge in [0.05, 0.1) is 16.1 Å². The molecule has 0 radical (unpaired) electrons. The first-order chi connectivity index (χ1) is 8.60. The van der Waals surface area contributed by atoms with Gasteiger partial charge >= 0.3 is 0 Å². The van der Waals surface area contributed by atoms with Gasteiger partial charge in [0, 0.05) is 19.3 Å². The molecule has 3 N–H and O–H groups in total. The van der Waals surface area contributed by atoms with Crippen LogP contribution in [-0.4, -0.2) is 35.7 Å². The van der Waals surface area contributed by atoms with Crippen molar-refractivity contribution < 1.29 is 8.42 Å². The van der Waals surface area contributed by atoms with Gasteiger partial charge in [0.2, 0.25) is 0 Å². The van der Waals surface area contributed by atoms with Crippen molar-refractivity contribution in [2.45, 2.75) is 45.4 Å². The van der Waals surface area contributed by atoms with E-state index in [0.717, 1.165) is 18.7 Å². The van der Waals surface area contributed by atoms with Gasteiger partial charge < -0.3 is 11.1 Å². The van der Waals surface area contributed by atoms with Crippen LogP contribution < -0.4 is 11.1 Å². The topological polar surface area (TPSA) is 90.0 Å². The number of sulfone groups is 1.